The average Bonchev–Trinajstić information content (AvgIpc) is 2.74. The minimum Gasteiger partial charge on any atom is -0.493 e. The minimum atomic E-state index is -0.341. The molecule has 2 heterocycles. The van der Waals surface area contributed by atoms with Crippen LogP contribution in [-0.4, -0.2) is 71.2 Å². The van der Waals surface area contributed by atoms with Gasteiger partial charge in [0.2, 0.25) is 5.95 Å². The molecule has 0 saturated carbocycles. The number of H-pyrrole nitrogens is 1. The summed E-state index contributed by atoms with van der Waals surface area (Å²) in [6.45, 7) is 6.44. The van der Waals surface area contributed by atoms with E-state index in [0.29, 0.717) is 30.2 Å². The molecule has 1 aliphatic heterocycles. The fraction of sp³-hybridized carbons (Fsp3) is 0.450. The number of methoxy groups -OCH3 is 1. The van der Waals surface area contributed by atoms with Crippen LogP contribution in [0.15, 0.2) is 28.1 Å². The lowest BCUT2D eigenvalue weighted by atomic mass is 10.2. The van der Waals surface area contributed by atoms with Crippen LogP contribution in [-0.2, 0) is 9.53 Å². The first-order valence-corrected chi connectivity index (χ1v) is 9.82. The second-order valence-electron chi connectivity index (χ2n) is 7.21. The number of anilines is 1. The highest BCUT2D eigenvalue weighted by Crippen LogP contribution is 2.27. The summed E-state index contributed by atoms with van der Waals surface area (Å²) in [6, 6.07) is 5.18. The molecule has 1 fully saturated rings. The second kappa shape index (κ2) is 10.0. The van der Waals surface area contributed by atoms with E-state index in [9.17, 15) is 9.59 Å². The van der Waals surface area contributed by atoms with Crippen molar-refractivity contribution in [1.82, 2.24) is 20.1 Å². The molecule has 11 heteroatoms. The number of carbonyl (C=O) groups is 1. The van der Waals surface area contributed by atoms with Gasteiger partial charge in [-0.15, -0.1) is 10.2 Å². The Morgan fingerprint density at radius 1 is 1.32 bits per heavy atom. The Labute approximate surface area is 179 Å². The molecule has 1 aromatic carbocycles. The maximum atomic E-state index is 12.5. The smallest absolute Gasteiger partial charge is 0.274 e. The fourth-order valence-corrected chi connectivity index (χ4v) is 3.11. The molecular weight excluding hydrogens is 404 g/mol. The molecule has 166 valence electrons. The Balaban J connectivity index is 1.59. The number of morpholine rings is 1. The van der Waals surface area contributed by atoms with E-state index in [2.05, 4.69) is 25.7 Å². The van der Waals surface area contributed by atoms with Crippen LogP contribution in [0.5, 0.6) is 11.5 Å². The highest BCUT2D eigenvalue weighted by atomic mass is 16.5. The third-order valence-corrected chi connectivity index (χ3v) is 4.56. The van der Waals surface area contributed by atoms with E-state index in [1.54, 1.807) is 30.0 Å². The molecule has 0 aliphatic carbocycles. The van der Waals surface area contributed by atoms with Crippen molar-refractivity contribution in [2.45, 2.75) is 33.0 Å². The van der Waals surface area contributed by atoms with Gasteiger partial charge in [0.15, 0.2) is 18.1 Å². The molecule has 0 bridgehead atoms. The van der Waals surface area contributed by atoms with Crippen LogP contribution in [0.4, 0.5) is 5.95 Å². The molecule has 3 rings (SSSR count). The molecule has 1 amide bonds. The number of benzene rings is 1. The van der Waals surface area contributed by atoms with Crippen LogP contribution in [0.1, 0.15) is 25.1 Å². The predicted molar refractivity (Wildman–Crippen MR) is 114 cm³/mol. The van der Waals surface area contributed by atoms with E-state index in [1.807, 2.05) is 13.8 Å². The van der Waals surface area contributed by atoms with E-state index >= 15 is 0 Å². The number of aryl methyl sites for hydroxylation is 1. The van der Waals surface area contributed by atoms with Gasteiger partial charge in [0.05, 0.1) is 25.5 Å². The highest BCUT2D eigenvalue weighted by molar-refractivity contribution is 5.81. The third kappa shape index (κ3) is 6.01. The average molecular weight is 430 g/mol. The molecule has 1 aliphatic rings. The molecular formula is C20H26N6O5. The van der Waals surface area contributed by atoms with Gasteiger partial charge >= 0.3 is 0 Å². The molecule has 2 aromatic rings. The van der Waals surface area contributed by atoms with Gasteiger partial charge in [-0.1, -0.05) is 0 Å². The van der Waals surface area contributed by atoms with Crippen molar-refractivity contribution in [3.8, 4) is 11.5 Å². The SMILES string of the molecule is COc1cc(/C=N/Nc2nnc(C)c(=O)[nH]2)ccc1OCC(=O)N1CC(C)OC(C)C1. The lowest BCUT2D eigenvalue weighted by Crippen LogP contribution is -2.49. The number of hydrogen-bond donors (Lipinski definition) is 2. The van der Waals surface area contributed by atoms with Gasteiger partial charge in [0.25, 0.3) is 11.5 Å². The zero-order chi connectivity index (χ0) is 22.4. The number of rotatable bonds is 7. The Hall–Kier alpha value is -3.47. The molecule has 2 unspecified atom stereocenters. The monoisotopic (exact) mass is 430 g/mol. The van der Waals surface area contributed by atoms with E-state index in [1.165, 1.54) is 13.3 Å². The first kappa shape index (κ1) is 22.2. The molecule has 11 nitrogen and oxygen atoms in total. The number of hydrogen-bond acceptors (Lipinski definition) is 9. The Morgan fingerprint density at radius 2 is 2.06 bits per heavy atom. The number of carbonyl (C=O) groups excluding carboxylic acids is 1. The first-order valence-electron chi connectivity index (χ1n) is 9.82. The third-order valence-electron chi connectivity index (χ3n) is 4.56. The lowest BCUT2D eigenvalue weighted by molar-refractivity contribution is -0.145. The summed E-state index contributed by atoms with van der Waals surface area (Å²) in [4.78, 5) is 28.3. The van der Waals surface area contributed by atoms with Gasteiger partial charge < -0.3 is 19.1 Å². The second-order valence-corrected chi connectivity index (χ2v) is 7.21. The van der Waals surface area contributed by atoms with Gasteiger partial charge in [-0.3, -0.25) is 14.6 Å². The lowest BCUT2D eigenvalue weighted by Gasteiger charge is -2.35. The van der Waals surface area contributed by atoms with Crippen LogP contribution >= 0.6 is 0 Å². The van der Waals surface area contributed by atoms with Gasteiger partial charge in [0, 0.05) is 13.1 Å². The first-order chi connectivity index (χ1) is 14.9. The Morgan fingerprint density at radius 3 is 2.74 bits per heavy atom. The Bertz CT molecular complexity index is 998. The van der Waals surface area contributed by atoms with Crippen molar-refractivity contribution in [2.24, 2.45) is 5.10 Å². The number of aromatic amines is 1. The number of nitrogens with one attached hydrogen (secondary N) is 2. The fourth-order valence-electron chi connectivity index (χ4n) is 3.11. The molecule has 2 N–H and O–H groups in total. The standard InChI is InChI=1S/C20H26N6O5/c1-12-9-26(10-13(2)31-12)18(27)11-30-16-6-5-15(7-17(16)29-4)8-21-24-20-22-19(28)14(3)23-25-20/h5-8,12-13H,9-11H2,1-4H3,(H2,22,24,25,28)/b21-8+. The minimum absolute atomic E-state index is 0.00173. The molecule has 31 heavy (non-hydrogen) atoms. The van der Waals surface area contributed by atoms with Gasteiger partial charge in [-0.05, 0) is 44.5 Å². The molecule has 0 radical (unpaired) electrons. The molecule has 2 atom stereocenters. The van der Waals surface area contributed by atoms with Gasteiger partial charge in [0.1, 0.15) is 5.69 Å². The maximum Gasteiger partial charge on any atom is 0.274 e. The molecule has 1 aromatic heterocycles. The summed E-state index contributed by atoms with van der Waals surface area (Å²) in [5, 5.41) is 11.5. The quantitative estimate of drug-likeness (QED) is 0.490. The summed E-state index contributed by atoms with van der Waals surface area (Å²) in [7, 11) is 1.52. The highest BCUT2D eigenvalue weighted by Gasteiger charge is 2.26. The van der Waals surface area contributed by atoms with Crippen LogP contribution in [0.25, 0.3) is 0 Å². The Kier molecular flexibility index (Phi) is 7.19. The predicted octanol–water partition coefficient (Wildman–Crippen LogP) is 0.943. The normalized spacial score (nSPS) is 18.8. The maximum absolute atomic E-state index is 12.5. The van der Waals surface area contributed by atoms with E-state index in [0.717, 1.165) is 0 Å². The molecule has 1 saturated heterocycles. The summed E-state index contributed by atoms with van der Waals surface area (Å²) >= 11 is 0. The zero-order valence-corrected chi connectivity index (χ0v) is 17.9. The largest absolute Gasteiger partial charge is 0.493 e. The van der Waals surface area contributed by atoms with Crippen molar-refractivity contribution in [1.29, 1.82) is 0 Å². The van der Waals surface area contributed by atoms with Gasteiger partial charge in [-0.2, -0.15) is 5.10 Å². The van der Waals surface area contributed by atoms with Crippen molar-refractivity contribution in [2.75, 3.05) is 32.2 Å². The zero-order valence-electron chi connectivity index (χ0n) is 17.9. The topological polar surface area (TPSA) is 131 Å². The van der Waals surface area contributed by atoms with E-state index in [-0.39, 0.29) is 41.9 Å². The van der Waals surface area contributed by atoms with Gasteiger partial charge in [-0.25, -0.2) is 5.43 Å². The van der Waals surface area contributed by atoms with Crippen molar-refractivity contribution >= 4 is 18.1 Å². The van der Waals surface area contributed by atoms with E-state index < -0.39 is 0 Å². The van der Waals surface area contributed by atoms with Crippen LogP contribution in [0.3, 0.4) is 0 Å². The number of ether oxygens (including phenoxy) is 3. The van der Waals surface area contributed by atoms with Crippen molar-refractivity contribution in [3.05, 3.63) is 39.8 Å². The summed E-state index contributed by atoms with van der Waals surface area (Å²) in [6.07, 6.45) is 1.52. The summed E-state index contributed by atoms with van der Waals surface area (Å²) < 4.78 is 16.7. The van der Waals surface area contributed by atoms with Crippen molar-refractivity contribution in [3.63, 3.8) is 0 Å². The number of amides is 1. The summed E-state index contributed by atoms with van der Waals surface area (Å²) in [5.74, 6) is 0.934. The number of aromatic nitrogens is 3. The molecule has 0 spiro atoms. The number of hydrazone groups is 1. The van der Waals surface area contributed by atoms with Crippen LogP contribution in [0, 0.1) is 6.92 Å². The van der Waals surface area contributed by atoms with Crippen molar-refractivity contribution < 1.29 is 19.0 Å². The summed E-state index contributed by atoms with van der Waals surface area (Å²) in [5.41, 5.74) is 3.24. The van der Waals surface area contributed by atoms with Crippen LogP contribution in [0.2, 0.25) is 0 Å². The number of nitrogens with zero attached hydrogens (tertiary/aromatic N) is 4. The van der Waals surface area contributed by atoms with Crippen LogP contribution < -0.4 is 20.5 Å². The van der Waals surface area contributed by atoms with E-state index in [4.69, 9.17) is 14.2 Å².